The van der Waals surface area contributed by atoms with Gasteiger partial charge in [0.15, 0.2) is 0 Å². The first kappa shape index (κ1) is 16.9. The van der Waals surface area contributed by atoms with Crippen molar-refractivity contribution in [1.82, 2.24) is 9.29 Å². The maximum atomic E-state index is 13.2. The van der Waals surface area contributed by atoms with Crippen molar-refractivity contribution in [1.29, 1.82) is 0 Å². The SMILES string of the molecule is CC(c1ccccn1)N(C1CC1)S(=O)(=O)c1ccc(Br)cc1Cl. The first-order chi connectivity index (χ1) is 10.9. The van der Waals surface area contributed by atoms with Crippen LogP contribution in [0.3, 0.4) is 0 Å². The molecule has 0 aliphatic heterocycles. The summed E-state index contributed by atoms with van der Waals surface area (Å²) < 4.78 is 28.6. The molecular weight excluding hydrogens is 400 g/mol. The van der Waals surface area contributed by atoms with Crippen LogP contribution in [0.2, 0.25) is 5.02 Å². The van der Waals surface area contributed by atoms with Gasteiger partial charge in [0.25, 0.3) is 0 Å². The van der Waals surface area contributed by atoms with Crippen LogP contribution in [-0.4, -0.2) is 23.7 Å². The summed E-state index contributed by atoms with van der Waals surface area (Å²) in [6, 6.07) is 10.0. The minimum atomic E-state index is -3.69. The standard InChI is InChI=1S/C16H16BrClN2O2S/c1-11(15-4-2-3-9-19-15)20(13-6-7-13)23(21,22)16-8-5-12(17)10-14(16)18/h2-5,8-11,13H,6-7H2,1H3. The average molecular weight is 416 g/mol. The molecule has 1 heterocycles. The Bertz CT molecular complexity index is 810. The van der Waals surface area contributed by atoms with Gasteiger partial charge < -0.3 is 0 Å². The maximum absolute atomic E-state index is 13.2. The predicted molar refractivity (Wildman–Crippen MR) is 93.9 cm³/mol. The quantitative estimate of drug-likeness (QED) is 0.726. The minimum Gasteiger partial charge on any atom is -0.260 e. The zero-order valence-electron chi connectivity index (χ0n) is 12.5. The van der Waals surface area contributed by atoms with E-state index in [-0.39, 0.29) is 22.0 Å². The van der Waals surface area contributed by atoms with Gasteiger partial charge in [-0.05, 0) is 50.1 Å². The first-order valence-electron chi connectivity index (χ1n) is 7.31. The van der Waals surface area contributed by atoms with Crippen LogP contribution >= 0.6 is 27.5 Å². The summed E-state index contributed by atoms with van der Waals surface area (Å²) >= 11 is 9.49. The third kappa shape index (κ3) is 3.45. The topological polar surface area (TPSA) is 50.3 Å². The van der Waals surface area contributed by atoms with E-state index in [0.717, 1.165) is 23.0 Å². The van der Waals surface area contributed by atoms with Gasteiger partial charge in [-0.25, -0.2) is 8.42 Å². The smallest absolute Gasteiger partial charge is 0.245 e. The molecule has 7 heteroatoms. The van der Waals surface area contributed by atoms with E-state index >= 15 is 0 Å². The molecule has 0 radical (unpaired) electrons. The number of rotatable bonds is 5. The van der Waals surface area contributed by atoms with Crippen LogP contribution in [-0.2, 0) is 10.0 Å². The summed E-state index contributed by atoms with van der Waals surface area (Å²) in [4.78, 5) is 4.44. The largest absolute Gasteiger partial charge is 0.260 e. The molecule has 3 rings (SSSR count). The fraction of sp³-hybridized carbons (Fsp3) is 0.312. The van der Waals surface area contributed by atoms with E-state index in [4.69, 9.17) is 11.6 Å². The highest BCUT2D eigenvalue weighted by atomic mass is 79.9. The number of nitrogens with zero attached hydrogens (tertiary/aromatic N) is 2. The van der Waals surface area contributed by atoms with Crippen molar-refractivity contribution in [3.05, 3.63) is 57.8 Å². The van der Waals surface area contributed by atoms with Gasteiger partial charge in [-0.2, -0.15) is 4.31 Å². The number of pyridine rings is 1. The van der Waals surface area contributed by atoms with Gasteiger partial charge in [0.2, 0.25) is 10.0 Å². The van der Waals surface area contributed by atoms with Crippen LogP contribution < -0.4 is 0 Å². The van der Waals surface area contributed by atoms with E-state index in [1.54, 1.807) is 28.7 Å². The molecule has 1 fully saturated rings. The second-order valence-corrected chi connectivity index (χ2v) is 8.71. The molecule has 1 saturated carbocycles. The Balaban J connectivity index is 2.04. The van der Waals surface area contributed by atoms with Crippen LogP contribution in [0.15, 0.2) is 52.0 Å². The van der Waals surface area contributed by atoms with Crippen molar-refractivity contribution in [2.24, 2.45) is 0 Å². The number of hydrogen-bond acceptors (Lipinski definition) is 3. The molecule has 23 heavy (non-hydrogen) atoms. The summed E-state index contributed by atoms with van der Waals surface area (Å²) in [6.07, 6.45) is 3.41. The molecule has 1 aliphatic carbocycles. The molecular formula is C16H16BrClN2O2S. The highest BCUT2D eigenvalue weighted by Gasteiger charge is 2.42. The van der Waals surface area contributed by atoms with E-state index in [0.29, 0.717) is 0 Å². The van der Waals surface area contributed by atoms with E-state index < -0.39 is 10.0 Å². The minimum absolute atomic E-state index is 0.0109. The van der Waals surface area contributed by atoms with Gasteiger partial charge in [-0.3, -0.25) is 4.98 Å². The predicted octanol–water partition coefficient (Wildman–Crippen LogP) is 4.41. The lowest BCUT2D eigenvalue weighted by atomic mass is 10.2. The number of halogens is 2. The van der Waals surface area contributed by atoms with Gasteiger partial charge in [-0.15, -0.1) is 0 Å². The molecule has 0 N–H and O–H groups in total. The fourth-order valence-corrected chi connectivity index (χ4v) is 5.47. The molecule has 2 aromatic rings. The number of sulfonamides is 1. The summed E-state index contributed by atoms with van der Waals surface area (Å²) in [7, 11) is -3.69. The average Bonchev–Trinajstić information content (AvgIpc) is 3.32. The van der Waals surface area contributed by atoms with Crippen LogP contribution in [0.4, 0.5) is 0 Å². The molecule has 0 saturated heterocycles. The first-order valence-corrected chi connectivity index (χ1v) is 9.92. The van der Waals surface area contributed by atoms with Crippen molar-refractivity contribution >= 4 is 37.6 Å². The Morgan fingerprint density at radius 1 is 1.30 bits per heavy atom. The van der Waals surface area contributed by atoms with Crippen molar-refractivity contribution in [3.8, 4) is 0 Å². The van der Waals surface area contributed by atoms with Crippen molar-refractivity contribution in [2.75, 3.05) is 0 Å². The van der Waals surface area contributed by atoms with Gasteiger partial charge >= 0.3 is 0 Å². The van der Waals surface area contributed by atoms with Gasteiger partial charge in [0.1, 0.15) is 4.90 Å². The Morgan fingerprint density at radius 3 is 2.61 bits per heavy atom. The second-order valence-electron chi connectivity index (χ2n) is 5.57. The lowest BCUT2D eigenvalue weighted by Crippen LogP contribution is -2.36. The molecule has 1 aliphatic rings. The third-order valence-electron chi connectivity index (χ3n) is 3.85. The number of hydrogen-bond donors (Lipinski definition) is 0. The lowest BCUT2D eigenvalue weighted by molar-refractivity contribution is 0.329. The highest BCUT2D eigenvalue weighted by molar-refractivity contribution is 9.10. The van der Waals surface area contributed by atoms with Crippen LogP contribution in [0.1, 0.15) is 31.5 Å². The summed E-state index contributed by atoms with van der Waals surface area (Å²) in [5.41, 5.74) is 0.733. The summed E-state index contributed by atoms with van der Waals surface area (Å²) in [5, 5.41) is 0.221. The van der Waals surface area contributed by atoms with Crippen LogP contribution in [0, 0.1) is 0 Å². The molecule has 4 nitrogen and oxygen atoms in total. The van der Waals surface area contributed by atoms with E-state index in [1.165, 1.54) is 0 Å². The Labute approximate surface area is 149 Å². The van der Waals surface area contributed by atoms with Crippen molar-refractivity contribution in [3.63, 3.8) is 0 Å². The van der Waals surface area contributed by atoms with Crippen molar-refractivity contribution < 1.29 is 8.42 Å². The molecule has 122 valence electrons. The van der Waals surface area contributed by atoms with Gasteiger partial charge in [-0.1, -0.05) is 33.6 Å². The zero-order valence-corrected chi connectivity index (χ0v) is 15.6. The number of benzene rings is 1. The summed E-state index contributed by atoms with van der Waals surface area (Å²) in [5.74, 6) is 0. The van der Waals surface area contributed by atoms with E-state index in [9.17, 15) is 8.42 Å². The molecule has 1 atom stereocenters. The third-order valence-corrected chi connectivity index (χ3v) is 6.85. The summed E-state index contributed by atoms with van der Waals surface area (Å²) in [6.45, 7) is 1.87. The monoisotopic (exact) mass is 414 g/mol. The van der Waals surface area contributed by atoms with Crippen molar-refractivity contribution in [2.45, 2.75) is 36.7 Å². The molecule has 0 bridgehead atoms. The van der Waals surface area contributed by atoms with E-state index in [1.807, 2.05) is 25.1 Å². The lowest BCUT2D eigenvalue weighted by Gasteiger charge is -2.28. The van der Waals surface area contributed by atoms with Crippen LogP contribution in [0.25, 0.3) is 0 Å². The Morgan fingerprint density at radius 2 is 2.04 bits per heavy atom. The van der Waals surface area contributed by atoms with E-state index in [2.05, 4.69) is 20.9 Å². The molecule has 0 spiro atoms. The maximum Gasteiger partial charge on any atom is 0.245 e. The Hall–Kier alpha value is -0.950. The van der Waals surface area contributed by atoms with Gasteiger partial charge in [0, 0.05) is 16.7 Å². The fourth-order valence-electron chi connectivity index (χ4n) is 2.60. The molecule has 1 unspecified atom stereocenters. The zero-order chi connectivity index (χ0) is 16.6. The van der Waals surface area contributed by atoms with Gasteiger partial charge in [0.05, 0.1) is 16.8 Å². The number of aromatic nitrogens is 1. The molecule has 0 amide bonds. The molecule has 1 aromatic carbocycles. The van der Waals surface area contributed by atoms with Crippen LogP contribution in [0.5, 0.6) is 0 Å². The second kappa shape index (κ2) is 6.51. The normalized spacial score (nSPS) is 16.5. The molecule has 1 aromatic heterocycles. The Kier molecular flexibility index (Phi) is 4.78. The highest BCUT2D eigenvalue weighted by Crippen LogP contribution is 2.40.